The summed E-state index contributed by atoms with van der Waals surface area (Å²) in [5, 5.41) is 11.2. The lowest BCUT2D eigenvalue weighted by Gasteiger charge is -2.34. The summed E-state index contributed by atoms with van der Waals surface area (Å²) in [6.07, 6.45) is -4.58. The van der Waals surface area contributed by atoms with Gasteiger partial charge in [-0.3, -0.25) is 14.9 Å². The Labute approximate surface area is 161 Å². The van der Waals surface area contributed by atoms with Crippen molar-refractivity contribution in [2.45, 2.75) is 26.9 Å². The van der Waals surface area contributed by atoms with Crippen LogP contribution in [0.2, 0.25) is 0 Å². The number of hydrogen-bond donors (Lipinski definition) is 0. The zero-order valence-corrected chi connectivity index (χ0v) is 16.1. The second-order valence-corrected chi connectivity index (χ2v) is 7.90. The minimum absolute atomic E-state index is 0.107. The molecule has 0 unspecified atom stereocenters. The number of hydrogen-bond acceptors (Lipinski definition) is 5. The number of alkyl halides is 3. The molecule has 1 aliphatic rings. The number of nitro groups is 1. The van der Waals surface area contributed by atoms with E-state index >= 15 is 0 Å². The lowest BCUT2D eigenvalue weighted by molar-refractivity contribution is -0.384. The van der Waals surface area contributed by atoms with Gasteiger partial charge in [-0.15, -0.1) is 0 Å². The summed E-state index contributed by atoms with van der Waals surface area (Å²) in [7, 11) is 0. The van der Waals surface area contributed by atoms with E-state index in [1.54, 1.807) is 25.7 Å². The van der Waals surface area contributed by atoms with Crippen molar-refractivity contribution < 1.29 is 27.6 Å². The maximum Gasteiger partial charge on any atom is 0.406 e. The van der Waals surface area contributed by atoms with E-state index in [1.165, 1.54) is 12.1 Å². The molecule has 0 spiro atoms. The number of amides is 1. The number of ether oxygens (including phenoxy) is 1. The van der Waals surface area contributed by atoms with Crippen molar-refractivity contribution in [2.75, 3.05) is 44.3 Å². The quantitative estimate of drug-likeness (QED) is 0.556. The van der Waals surface area contributed by atoms with Crippen molar-refractivity contribution in [1.29, 1.82) is 0 Å². The molecule has 2 rings (SSSR count). The number of carbonyl (C=O) groups is 1. The number of benzene rings is 1. The first-order chi connectivity index (χ1) is 12.9. The fourth-order valence-electron chi connectivity index (χ4n) is 3.05. The number of carbonyl (C=O) groups excluding carboxylic acids is 1. The average molecular weight is 403 g/mol. The molecule has 1 saturated heterocycles. The summed E-state index contributed by atoms with van der Waals surface area (Å²) < 4.78 is 44.5. The van der Waals surface area contributed by atoms with Gasteiger partial charge in [-0.05, 0) is 11.5 Å². The Hall–Kier alpha value is -2.36. The highest BCUT2D eigenvalue weighted by atomic mass is 19.4. The lowest BCUT2D eigenvalue weighted by Crippen LogP contribution is -2.44. The molecule has 0 aliphatic carbocycles. The van der Waals surface area contributed by atoms with Crippen molar-refractivity contribution in [2.24, 2.45) is 5.41 Å². The zero-order valence-electron chi connectivity index (χ0n) is 16.1. The smallest absolute Gasteiger partial charge is 0.378 e. The molecule has 1 heterocycles. The van der Waals surface area contributed by atoms with Crippen LogP contribution in [0.25, 0.3) is 0 Å². The molecule has 0 aromatic heterocycles. The standard InChI is InChI=1S/C18H24F3N3O4/c1-17(2,3)11-23(12-18(19,20)21)16(25)14-10-13(24(26)27)4-5-15(14)22-6-8-28-9-7-22/h4-5,10H,6-9,11-12H2,1-3H3. The highest BCUT2D eigenvalue weighted by Crippen LogP contribution is 2.30. The second kappa shape index (κ2) is 8.34. The third kappa shape index (κ3) is 6.08. The normalized spacial score (nSPS) is 15.4. The molecule has 1 aromatic carbocycles. The van der Waals surface area contributed by atoms with Gasteiger partial charge in [0, 0.05) is 31.8 Å². The van der Waals surface area contributed by atoms with E-state index in [0.717, 1.165) is 6.07 Å². The summed E-state index contributed by atoms with van der Waals surface area (Å²) in [5.74, 6) is -0.877. The molecule has 0 bridgehead atoms. The van der Waals surface area contributed by atoms with Crippen LogP contribution in [-0.2, 0) is 4.74 Å². The van der Waals surface area contributed by atoms with Crippen LogP contribution in [0.4, 0.5) is 24.5 Å². The Kier molecular flexibility index (Phi) is 6.53. The number of non-ortho nitro benzene ring substituents is 1. The summed E-state index contributed by atoms with van der Waals surface area (Å²) in [6.45, 7) is 5.29. The molecule has 1 aliphatic heterocycles. The maximum atomic E-state index is 13.1. The lowest BCUT2D eigenvalue weighted by atomic mass is 9.95. The van der Waals surface area contributed by atoms with Gasteiger partial charge < -0.3 is 14.5 Å². The number of nitrogens with zero attached hydrogens (tertiary/aromatic N) is 3. The molecule has 28 heavy (non-hydrogen) atoms. The van der Waals surface area contributed by atoms with E-state index in [9.17, 15) is 28.1 Å². The maximum absolute atomic E-state index is 13.1. The Morgan fingerprint density at radius 1 is 1.21 bits per heavy atom. The van der Waals surface area contributed by atoms with Gasteiger partial charge in [0.15, 0.2) is 0 Å². The molecule has 10 heteroatoms. The van der Waals surface area contributed by atoms with E-state index in [2.05, 4.69) is 0 Å². The molecule has 1 amide bonds. The van der Waals surface area contributed by atoms with Crippen LogP contribution in [0, 0.1) is 15.5 Å². The van der Waals surface area contributed by atoms with Crippen LogP contribution in [0.5, 0.6) is 0 Å². The van der Waals surface area contributed by atoms with Gasteiger partial charge >= 0.3 is 6.18 Å². The van der Waals surface area contributed by atoms with Crippen molar-refractivity contribution >= 4 is 17.3 Å². The molecule has 0 N–H and O–H groups in total. The van der Waals surface area contributed by atoms with Crippen LogP contribution >= 0.6 is 0 Å². The van der Waals surface area contributed by atoms with Crippen LogP contribution in [-0.4, -0.2) is 61.3 Å². The van der Waals surface area contributed by atoms with E-state index in [1.807, 2.05) is 0 Å². The third-order valence-electron chi connectivity index (χ3n) is 4.10. The van der Waals surface area contributed by atoms with E-state index in [-0.39, 0.29) is 17.8 Å². The first-order valence-electron chi connectivity index (χ1n) is 8.84. The summed E-state index contributed by atoms with van der Waals surface area (Å²) in [4.78, 5) is 26.1. The summed E-state index contributed by atoms with van der Waals surface area (Å²) in [6, 6.07) is 3.72. The number of morpholine rings is 1. The van der Waals surface area contributed by atoms with Gasteiger partial charge in [-0.2, -0.15) is 13.2 Å². The highest BCUT2D eigenvalue weighted by molar-refractivity contribution is 6.00. The van der Waals surface area contributed by atoms with Crippen molar-refractivity contribution in [3.63, 3.8) is 0 Å². The topological polar surface area (TPSA) is 75.9 Å². The molecule has 156 valence electrons. The molecule has 1 aromatic rings. The molecule has 0 atom stereocenters. The molecule has 0 saturated carbocycles. The Morgan fingerprint density at radius 3 is 2.32 bits per heavy atom. The molecule has 1 fully saturated rings. The van der Waals surface area contributed by atoms with E-state index < -0.39 is 29.0 Å². The Balaban J connectivity index is 2.48. The fraction of sp³-hybridized carbons (Fsp3) is 0.611. The van der Waals surface area contributed by atoms with Gasteiger partial charge in [0.1, 0.15) is 6.54 Å². The van der Waals surface area contributed by atoms with Crippen molar-refractivity contribution in [1.82, 2.24) is 4.90 Å². The largest absolute Gasteiger partial charge is 0.406 e. The van der Waals surface area contributed by atoms with Crippen LogP contribution in [0.1, 0.15) is 31.1 Å². The highest BCUT2D eigenvalue weighted by Gasteiger charge is 2.36. The molecule has 0 radical (unpaired) electrons. The monoisotopic (exact) mass is 403 g/mol. The fourth-order valence-corrected chi connectivity index (χ4v) is 3.05. The van der Waals surface area contributed by atoms with E-state index in [4.69, 9.17) is 4.74 Å². The molecular formula is C18H24F3N3O4. The minimum Gasteiger partial charge on any atom is -0.378 e. The van der Waals surface area contributed by atoms with Gasteiger partial charge in [0.05, 0.1) is 29.4 Å². The van der Waals surface area contributed by atoms with Gasteiger partial charge in [0.2, 0.25) is 0 Å². The Morgan fingerprint density at radius 2 is 1.82 bits per heavy atom. The van der Waals surface area contributed by atoms with Gasteiger partial charge in [-0.25, -0.2) is 0 Å². The SMILES string of the molecule is CC(C)(C)CN(CC(F)(F)F)C(=O)c1cc([N+](=O)[O-])ccc1N1CCOCC1. The first kappa shape index (κ1) is 21.9. The average Bonchev–Trinajstić information content (AvgIpc) is 2.58. The number of halogens is 3. The predicted octanol–water partition coefficient (Wildman–Crippen LogP) is 3.48. The van der Waals surface area contributed by atoms with Gasteiger partial charge in [-0.1, -0.05) is 20.8 Å². The van der Waals surface area contributed by atoms with Gasteiger partial charge in [0.25, 0.3) is 11.6 Å². The van der Waals surface area contributed by atoms with E-state index in [0.29, 0.717) is 36.9 Å². The number of anilines is 1. The second-order valence-electron chi connectivity index (χ2n) is 7.90. The molecular weight excluding hydrogens is 379 g/mol. The number of nitro benzene ring substituents is 1. The predicted molar refractivity (Wildman–Crippen MR) is 97.5 cm³/mol. The summed E-state index contributed by atoms with van der Waals surface area (Å²) >= 11 is 0. The van der Waals surface area contributed by atoms with Crippen LogP contribution < -0.4 is 4.90 Å². The third-order valence-corrected chi connectivity index (χ3v) is 4.10. The number of rotatable bonds is 5. The van der Waals surface area contributed by atoms with Crippen molar-refractivity contribution in [3.8, 4) is 0 Å². The molecule has 7 nitrogen and oxygen atoms in total. The summed E-state index contributed by atoms with van der Waals surface area (Å²) in [5.41, 5.74) is -0.659. The van der Waals surface area contributed by atoms with Crippen LogP contribution in [0.3, 0.4) is 0 Å². The zero-order chi connectivity index (χ0) is 21.1. The van der Waals surface area contributed by atoms with Crippen molar-refractivity contribution in [3.05, 3.63) is 33.9 Å². The minimum atomic E-state index is -4.58. The van der Waals surface area contributed by atoms with Crippen LogP contribution in [0.15, 0.2) is 18.2 Å². The first-order valence-corrected chi connectivity index (χ1v) is 8.84. The Bertz CT molecular complexity index is 710.